The van der Waals surface area contributed by atoms with E-state index in [1.807, 2.05) is 0 Å². The number of anilines is 1. The molecule has 0 spiro atoms. The van der Waals surface area contributed by atoms with Crippen molar-refractivity contribution in [3.8, 4) is 0 Å². The maximum absolute atomic E-state index is 12.0. The van der Waals surface area contributed by atoms with Gasteiger partial charge in [-0.2, -0.15) is 0 Å². The van der Waals surface area contributed by atoms with Crippen molar-refractivity contribution < 1.29 is 14.7 Å². The number of aromatic carboxylic acids is 1. The van der Waals surface area contributed by atoms with Gasteiger partial charge in [0.15, 0.2) is 0 Å². The number of hydrogen-bond acceptors (Lipinski definition) is 2. The molecule has 0 aliphatic rings. The molecule has 1 aromatic carbocycles. The Bertz CT molecular complexity index is 710. The summed E-state index contributed by atoms with van der Waals surface area (Å²) in [4.78, 5) is 25.7. The number of aromatic amines is 1. The van der Waals surface area contributed by atoms with E-state index in [4.69, 9.17) is 28.3 Å². The summed E-state index contributed by atoms with van der Waals surface area (Å²) in [7, 11) is 0. The Kier molecular flexibility index (Phi) is 4.55. The zero-order valence-corrected chi connectivity index (χ0v) is 12.5. The second-order valence-electron chi connectivity index (χ2n) is 4.51. The molecule has 0 radical (unpaired) electrons. The van der Waals surface area contributed by atoms with Crippen LogP contribution in [0.5, 0.6) is 0 Å². The van der Waals surface area contributed by atoms with Crippen LogP contribution in [0.2, 0.25) is 10.0 Å². The lowest BCUT2D eigenvalue weighted by atomic mass is 10.1. The van der Waals surface area contributed by atoms with Crippen LogP contribution in [0.15, 0.2) is 24.3 Å². The van der Waals surface area contributed by atoms with Crippen LogP contribution in [0.4, 0.5) is 5.69 Å². The minimum absolute atomic E-state index is 0.0271. The van der Waals surface area contributed by atoms with Gasteiger partial charge in [-0.15, -0.1) is 0 Å². The van der Waals surface area contributed by atoms with Gasteiger partial charge in [-0.3, -0.25) is 4.79 Å². The standard InChI is InChI=1S/C14H12Cl2N2O3/c1-7-4-11(13(17-7)14(20)21)18-12(19)5-8-2-3-9(15)6-10(8)16/h2-4,6,17H,5H2,1H3,(H,18,19)(H,20,21). The topological polar surface area (TPSA) is 82.2 Å². The number of carboxylic acids is 1. The summed E-state index contributed by atoms with van der Waals surface area (Å²) < 4.78 is 0. The smallest absolute Gasteiger partial charge is 0.354 e. The third-order valence-corrected chi connectivity index (χ3v) is 3.39. The summed E-state index contributed by atoms with van der Waals surface area (Å²) in [5.74, 6) is -1.50. The Morgan fingerprint density at radius 3 is 2.62 bits per heavy atom. The molecule has 0 saturated heterocycles. The molecule has 1 aromatic heterocycles. The minimum atomic E-state index is -1.14. The molecule has 0 aliphatic carbocycles. The van der Waals surface area contributed by atoms with Crippen LogP contribution in [0.1, 0.15) is 21.7 Å². The third kappa shape index (κ3) is 3.77. The molecule has 0 unspecified atom stereocenters. The molecule has 110 valence electrons. The highest BCUT2D eigenvalue weighted by Crippen LogP contribution is 2.22. The monoisotopic (exact) mass is 326 g/mol. The summed E-state index contributed by atoms with van der Waals surface area (Å²) in [6.45, 7) is 1.71. The summed E-state index contributed by atoms with van der Waals surface area (Å²) in [6.07, 6.45) is 0.0271. The van der Waals surface area contributed by atoms with Crippen molar-refractivity contribution in [2.45, 2.75) is 13.3 Å². The van der Waals surface area contributed by atoms with Crippen LogP contribution in [0, 0.1) is 6.92 Å². The lowest BCUT2D eigenvalue weighted by Gasteiger charge is -2.06. The van der Waals surface area contributed by atoms with E-state index < -0.39 is 5.97 Å². The van der Waals surface area contributed by atoms with E-state index in [1.165, 1.54) is 0 Å². The van der Waals surface area contributed by atoms with Crippen molar-refractivity contribution in [1.82, 2.24) is 4.98 Å². The van der Waals surface area contributed by atoms with Gasteiger partial charge in [0.25, 0.3) is 0 Å². The average Bonchev–Trinajstić information content (AvgIpc) is 2.74. The largest absolute Gasteiger partial charge is 0.477 e. The van der Waals surface area contributed by atoms with Gasteiger partial charge >= 0.3 is 5.97 Å². The molecule has 2 aromatic rings. The van der Waals surface area contributed by atoms with E-state index >= 15 is 0 Å². The lowest BCUT2D eigenvalue weighted by Crippen LogP contribution is -2.16. The Labute approximate surface area is 130 Å². The zero-order chi connectivity index (χ0) is 15.6. The molecular weight excluding hydrogens is 315 g/mol. The fourth-order valence-electron chi connectivity index (χ4n) is 1.89. The highest BCUT2D eigenvalue weighted by Gasteiger charge is 2.16. The molecular formula is C14H12Cl2N2O3. The fourth-order valence-corrected chi connectivity index (χ4v) is 2.36. The van der Waals surface area contributed by atoms with Crippen LogP contribution in [0.25, 0.3) is 0 Å². The first-order valence-corrected chi connectivity index (χ1v) is 6.79. The highest BCUT2D eigenvalue weighted by atomic mass is 35.5. The minimum Gasteiger partial charge on any atom is -0.477 e. The summed E-state index contributed by atoms with van der Waals surface area (Å²) >= 11 is 11.8. The Balaban J connectivity index is 2.13. The Morgan fingerprint density at radius 2 is 2.00 bits per heavy atom. The lowest BCUT2D eigenvalue weighted by molar-refractivity contribution is -0.115. The van der Waals surface area contributed by atoms with E-state index in [-0.39, 0.29) is 23.7 Å². The normalized spacial score (nSPS) is 10.4. The molecule has 7 heteroatoms. The predicted molar refractivity (Wildman–Crippen MR) is 81.3 cm³/mol. The van der Waals surface area contributed by atoms with Crippen molar-refractivity contribution in [3.05, 3.63) is 51.3 Å². The third-order valence-electron chi connectivity index (χ3n) is 2.81. The van der Waals surface area contributed by atoms with Crippen molar-refractivity contribution >= 4 is 40.8 Å². The van der Waals surface area contributed by atoms with Gasteiger partial charge in [-0.1, -0.05) is 29.3 Å². The van der Waals surface area contributed by atoms with Crippen LogP contribution >= 0.6 is 23.2 Å². The van der Waals surface area contributed by atoms with E-state index in [9.17, 15) is 9.59 Å². The van der Waals surface area contributed by atoms with Crippen LogP contribution in [-0.2, 0) is 11.2 Å². The summed E-state index contributed by atoms with van der Waals surface area (Å²) in [6, 6.07) is 6.41. The van der Waals surface area contributed by atoms with E-state index in [0.717, 1.165) is 0 Å². The van der Waals surface area contributed by atoms with Crippen molar-refractivity contribution in [2.24, 2.45) is 0 Å². The summed E-state index contributed by atoms with van der Waals surface area (Å²) in [5, 5.41) is 12.5. The Morgan fingerprint density at radius 1 is 1.29 bits per heavy atom. The fraction of sp³-hybridized carbons (Fsp3) is 0.143. The molecule has 0 fully saturated rings. The number of H-pyrrole nitrogens is 1. The predicted octanol–water partition coefficient (Wildman–Crippen LogP) is 3.51. The number of carbonyl (C=O) groups excluding carboxylic acids is 1. The molecule has 3 N–H and O–H groups in total. The summed E-state index contributed by atoms with van der Waals surface area (Å²) in [5.41, 5.74) is 1.44. The average molecular weight is 327 g/mol. The van der Waals surface area contributed by atoms with Crippen molar-refractivity contribution in [3.63, 3.8) is 0 Å². The maximum Gasteiger partial charge on any atom is 0.354 e. The van der Waals surface area contributed by atoms with Gasteiger partial charge in [0.1, 0.15) is 5.69 Å². The number of amides is 1. The molecule has 0 bridgehead atoms. The molecule has 2 rings (SSSR count). The number of benzene rings is 1. The van der Waals surface area contributed by atoms with Gasteiger partial charge in [0, 0.05) is 15.7 Å². The van der Waals surface area contributed by atoms with Crippen LogP contribution in [0.3, 0.4) is 0 Å². The van der Waals surface area contributed by atoms with Gasteiger partial charge < -0.3 is 15.4 Å². The van der Waals surface area contributed by atoms with Crippen molar-refractivity contribution in [1.29, 1.82) is 0 Å². The molecule has 0 atom stereocenters. The number of aromatic nitrogens is 1. The molecule has 5 nitrogen and oxygen atoms in total. The van der Waals surface area contributed by atoms with E-state index in [1.54, 1.807) is 31.2 Å². The molecule has 1 amide bonds. The first kappa shape index (κ1) is 15.4. The quantitative estimate of drug-likeness (QED) is 0.804. The van der Waals surface area contributed by atoms with Crippen LogP contribution in [-0.4, -0.2) is 22.0 Å². The van der Waals surface area contributed by atoms with Gasteiger partial charge in [-0.05, 0) is 30.7 Å². The number of halogens is 2. The van der Waals surface area contributed by atoms with Gasteiger partial charge in [-0.25, -0.2) is 4.79 Å². The highest BCUT2D eigenvalue weighted by molar-refractivity contribution is 6.35. The number of carbonyl (C=O) groups is 2. The number of hydrogen-bond donors (Lipinski definition) is 3. The second-order valence-corrected chi connectivity index (χ2v) is 5.35. The molecule has 0 aliphatic heterocycles. The number of nitrogens with one attached hydrogen (secondary N) is 2. The van der Waals surface area contributed by atoms with Gasteiger partial charge in [0.2, 0.25) is 5.91 Å². The molecule has 1 heterocycles. The zero-order valence-electron chi connectivity index (χ0n) is 11.0. The van der Waals surface area contributed by atoms with Crippen LogP contribution < -0.4 is 5.32 Å². The van der Waals surface area contributed by atoms with Crippen molar-refractivity contribution in [2.75, 3.05) is 5.32 Å². The Hall–Kier alpha value is -1.98. The molecule has 0 saturated carbocycles. The second kappa shape index (κ2) is 6.20. The molecule has 21 heavy (non-hydrogen) atoms. The van der Waals surface area contributed by atoms with E-state index in [2.05, 4.69) is 10.3 Å². The van der Waals surface area contributed by atoms with E-state index in [0.29, 0.717) is 21.3 Å². The van der Waals surface area contributed by atoms with Gasteiger partial charge in [0.05, 0.1) is 12.1 Å². The number of rotatable bonds is 4. The SMILES string of the molecule is Cc1cc(NC(=O)Cc2ccc(Cl)cc2Cl)c(C(=O)O)[nH]1. The number of aryl methyl sites for hydroxylation is 1. The maximum atomic E-state index is 12.0. The first-order chi connectivity index (χ1) is 9.86. The number of carboxylic acid groups (broad SMARTS) is 1. The first-order valence-electron chi connectivity index (χ1n) is 6.03.